The molecule has 8 nitrogen and oxygen atoms in total. The first-order valence-electron chi connectivity index (χ1n) is 9.30. The molecule has 0 spiro atoms. The molecule has 0 bridgehead atoms. The van der Waals surface area contributed by atoms with Crippen molar-refractivity contribution in [1.82, 2.24) is 9.62 Å². The Bertz CT molecular complexity index is 835. The Kier molecular flexibility index (Phi) is 7.56. The van der Waals surface area contributed by atoms with Crippen LogP contribution in [0.25, 0.3) is 0 Å². The number of cyclic esters (lactones) is 1. The van der Waals surface area contributed by atoms with Crippen LogP contribution in [0.5, 0.6) is 0 Å². The average Bonchev–Trinajstić information content (AvgIpc) is 3.00. The molecule has 0 saturated carbocycles. The molecule has 0 radical (unpaired) electrons. The minimum absolute atomic E-state index is 0.0284. The van der Waals surface area contributed by atoms with Gasteiger partial charge in [0.15, 0.2) is 0 Å². The Balaban J connectivity index is 1.97. The molecule has 1 aromatic carbocycles. The van der Waals surface area contributed by atoms with Crippen LogP contribution < -0.4 is 5.32 Å². The number of ether oxygens (including phenoxy) is 2. The Morgan fingerprint density at radius 2 is 1.97 bits per heavy atom. The molecule has 0 aromatic heterocycles. The number of carbonyl (C=O) groups is 2. The molecule has 1 saturated heterocycles. The highest BCUT2D eigenvalue weighted by atomic mass is 79.9. The summed E-state index contributed by atoms with van der Waals surface area (Å²) in [5, 5.41) is 2.65. The zero-order valence-electron chi connectivity index (χ0n) is 17.0. The highest BCUT2D eigenvalue weighted by Crippen LogP contribution is 2.29. The zero-order chi connectivity index (χ0) is 21.8. The molecule has 1 aromatic rings. The van der Waals surface area contributed by atoms with Crippen LogP contribution in [0.1, 0.15) is 39.2 Å². The monoisotopic (exact) mass is 490 g/mol. The molecule has 2 atom stereocenters. The maximum Gasteiger partial charge on any atom is 0.424 e. The van der Waals surface area contributed by atoms with Gasteiger partial charge in [-0.2, -0.15) is 4.31 Å². The van der Waals surface area contributed by atoms with Gasteiger partial charge in [0.25, 0.3) is 10.0 Å². The van der Waals surface area contributed by atoms with Crippen molar-refractivity contribution in [3.05, 3.63) is 29.8 Å². The summed E-state index contributed by atoms with van der Waals surface area (Å²) in [6.45, 7) is 7.52. The van der Waals surface area contributed by atoms with E-state index in [0.717, 1.165) is 9.87 Å². The topological polar surface area (TPSA) is 102 Å². The Morgan fingerprint density at radius 3 is 2.55 bits per heavy atom. The second-order valence-corrected chi connectivity index (χ2v) is 10.8. The smallest absolute Gasteiger partial charge is 0.424 e. The first-order valence-corrected chi connectivity index (χ1v) is 11.7. The van der Waals surface area contributed by atoms with Gasteiger partial charge in [0.05, 0.1) is 10.9 Å². The lowest BCUT2D eigenvalue weighted by Crippen LogP contribution is -2.43. The van der Waals surface area contributed by atoms with E-state index >= 15 is 0 Å². The van der Waals surface area contributed by atoms with Crippen molar-refractivity contribution in [2.75, 3.05) is 13.2 Å². The van der Waals surface area contributed by atoms with Crippen molar-refractivity contribution in [2.24, 2.45) is 0 Å². The van der Waals surface area contributed by atoms with Crippen molar-refractivity contribution in [3.8, 4) is 0 Å². The summed E-state index contributed by atoms with van der Waals surface area (Å²) in [5.74, 6) is 0. The van der Waals surface area contributed by atoms with E-state index in [1.165, 1.54) is 12.1 Å². The fourth-order valence-corrected chi connectivity index (χ4v) is 5.16. The van der Waals surface area contributed by atoms with Crippen LogP contribution in [-0.2, 0) is 19.5 Å². The molecule has 1 aliphatic heterocycles. The molecule has 1 heterocycles. The summed E-state index contributed by atoms with van der Waals surface area (Å²) >= 11 is 3.48. The van der Waals surface area contributed by atoms with Gasteiger partial charge in [-0.3, -0.25) is 0 Å². The van der Waals surface area contributed by atoms with Crippen LogP contribution in [0.4, 0.5) is 9.59 Å². The number of halogens is 1. The van der Waals surface area contributed by atoms with E-state index in [1.54, 1.807) is 32.9 Å². The predicted molar refractivity (Wildman–Crippen MR) is 112 cm³/mol. The second-order valence-electron chi connectivity index (χ2n) is 7.85. The largest absolute Gasteiger partial charge is 0.446 e. The Labute approximate surface area is 180 Å². The third kappa shape index (κ3) is 6.33. The summed E-state index contributed by atoms with van der Waals surface area (Å²) in [4.78, 5) is 23.5. The predicted octanol–water partition coefficient (Wildman–Crippen LogP) is 3.57. The van der Waals surface area contributed by atoms with Gasteiger partial charge in [-0.1, -0.05) is 33.6 Å². The van der Waals surface area contributed by atoms with E-state index in [1.807, 2.05) is 6.92 Å². The van der Waals surface area contributed by atoms with Gasteiger partial charge < -0.3 is 14.8 Å². The first-order chi connectivity index (χ1) is 13.4. The number of hydrogen-bond donors (Lipinski definition) is 1. The number of nitrogens with zero attached hydrogens (tertiary/aromatic N) is 1. The number of rotatable bonds is 7. The van der Waals surface area contributed by atoms with E-state index in [9.17, 15) is 18.0 Å². The van der Waals surface area contributed by atoms with Crippen molar-refractivity contribution in [1.29, 1.82) is 0 Å². The molecule has 0 aliphatic carbocycles. The Hall–Kier alpha value is -1.81. The van der Waals surface area contributed by atoms with Gasteiger partial charge in [0.1, 0.15) is 12.2 Å². The summed E-state index contributed by atoms with van der Waals surface area (Å²) in [6.07, 6.45) is -0.298. The minimum Gasteiger partial charge on any atom is -0.446 e. The summed E-state index contributed by atoms with van der Waals surface area (Å²) < 4.78 is 36.9. The van der Waals surface area contributed by atoms with Gasteiger partial charge in [-0.15, -0.1) is 0 Å². The van der Waals surface area contributed by atoms with Crippen molar-refractivity contribution in [2.45, 2.75) is 61.9 Å². The third-order valence-corrected chi connectivity index (χ3v) is 7.05. The summed E-state index contributed by atoms with van der Waals surface area (Å²) in [5.41, 5.74) is 0.342. The number of amides is 2. The molecule has 2 unspecified atom stereocenters. The van der Waals surface area contributed by atoms with Gasteiger partial charge in [0, 0.05) is 11.4 Å². The van der Waals surface area contributed by atoms with Crippen molar-refractivity contribution in [3.63, 3.8) is 0 Å². The number of carbonyl (C=O) groups excluding carboxylic acids is 2. The Morgan fingerprint density at radius 1 is 1.34 bits per heavy atom. The number of hydrogen-bond acceptors (Lipinski definition) is 6. The molecule has 10 heteroatoms. The van der Waals surface area contributed by atoms with Crippen LogP contribution in [0, 0.1) is 6.92 Å². The molecule has 2 rings (SSSR count). The van der Waals surface area contributed by atoms with Gasteiger partial charge in [0.2, 0.25) is 0 Å². The summed E-state index contributed by atoms with van der Waals surface area (Å²) in [7, 11) is -4.02. The van der Waals surface area contributed by atoms with E-state index in [0.29, 0.717) is 19.4 Å². The lowest BCUT2D eigenvalue weighted by molar-refractivity contribution is 0.0527. The van der Waals surface area contributed by atoms with E-state index in [-0.39, 0.29) is 16.3 Å². The molecular formula is C19H27BrN2O6S. The fraction of sp³-hybridized carbons (Fsp3) is 0.579. The van der Waals surface area contributed by atoms with Crippen molar-refractivity contribution < 1.29 is 27.5 Å². The minimum atomic E-state index is -4.02. The first kappa shape index (κ1) is 23.5. The fourth-order valence-electron chi connectivity index (χ4n) is 2.77. The SMILES string of the molecule is Cc1ccc(S(=O)(=O)N2C(=O)OCC2C(Br)CCCNC(=O)OC(C)(C)C)cc1. The molecule has 162 valence electrons. The maximum absolute atomic E-state index is 13.0. The summed E-state index contributed by atoms with van der Waals surface area (Å²) in [6, 6.07) is 5.63. The number of alkyl halides is 1. The zero-order valence-corrected chi connectivity index (χ0v) is 19.4. The number of benzene rings is 1. The molecule has 1 fully saturated rings. The molecule has 1 N–H and O–H groups in total. The maximum atomic E-state index is 13.0. The van der Waals surface area contributed by atoms with Crippen LogP contribution in [-0.4, -0.2) is 54.5 Å². The van der Waals surface area contributed by atoms with Crippen LogP contribution in [0.3, 0.4) is 0 Å². The van der Waals surface area contributed by atoms with E-state index < -0.39 is 33.9 Å². The number of sulfonamides is 1. The number of aryl methyl sites for hydroxylation is 1. The lowest BCUT2D eigenvalue weighted by atomic mass is 10.1. The van der Waals surface area contributed by atoms with Crippen LogP contribution in [0.15, 0.2) is 29.2 Å². The van der Waals surface area contributed by atoms with Crippen LogP contribution >= 0.6 is 15.9 Å². The quantitative estimate of drug-likeness (QED) is 0.462. The lowest BCUT2D eigenvalue weighted by Gasteiger charge is -2.25. The highest BCUT2D eigenvalue weighted by Gasteiger charge is 2.45. The molecule has 2 amide bonds. The highest BCUT2D eigenvalue weighted by molar-refractivity contribution is 9.09. The third-order valence-electron chi connectivity index (χ3n) is 4.18. The van der Waals surface area contributed by atoms with Gasteiger partial charge in [-0.05, 0) is 52.7 Å². The van der Waals surface area contributed by atoms with Gasteiger partial charge in [-0.25, -0.2) is 18.0 Å². The molecule has 29 heavy (non-hydrogen) atoms. The van der Waals surface area contributed by atoms with E-state index in [4.69, 9.17) is 9.47 Å². The van der Waals surface area contributed by atoms with Gasteiger partial charge >= 0.3 is 12.2 Å². The van der Waals surface area contributed by atoms with Crippen molar-refractivity contribution >= 4 is 38.1 Å². The normalized spacial score (nSPS) is 18.3. The number of nitrogens with one attached hydrogen (secondary N) is 1. The average molecular weight is 491 g/mol. The second kappa shape index (κ2) is 9.34. The van der Waals surface area contributed by atoms with Crippen LogP contribution in [0.2, 0.25) is 0 Å². The van der Waals surface area contributed by atoms with E-state index in [2.05, 4.69) is 21.2 Å². The molecular weight excluding hydrogens is 464 g/mol. The number of alkyl carbamates (subject to hydrolysis) is 1. The standard InChI is InChI=1S/C19H27BrN2O6S/c1-13-7-9-14(10-8-13)29(25,26)22-16(12-27-18(22)24)15(20)6-5-11-21-17(23)28-19(2,3)4/h7-10,15-16H,5-6,11-12H2,1-4H3,(H,21,23). The molecule has 1 aliphatic rings.